The van der Waals surface area contributed by atoms with Gasteiger partial charge < -0.3 is 4.98 Å². The quantitative estimate of drug-likeness (QED) is 0.598. The maximum absolute atomic E-state index is 12.1. The summed E-state index contributed by atoms with van der Waals surface area (Å²) in [7, 11) is 0. The summed E-state index contributed by atoms with van der Waals surface area (Å²) in [6.07, 6.45) is 3.46. The highest BCUT2D eigenvalue weighted by atomic mass is 16.1. The number of rotatable bonds is 0. The van der Waals surface area contributed by atoms with E-state index in [1.165, 1.54) is 0 Å². The van der Waals surface area contributed by atoms with Crippen molar-refractivity contribution in [1.29, 1.82) is 0 Å². The van der Waals surface area contributed by atoms with Crippen molar-refractivity contribution in [2.45, 2.75) is 0 Å². The Morgan fingerprint density at radius 3 is 2.93 bits per heavy atom. The van der Waals surface area contributed by atoms with Crippen LogP contribution in [0.2, 0.25) is 0 Å². The zero-order valence-electron chi connectivity index (χ0n) is 7.90. The second-order valence-electron chi connectivity index (χ2n) is 3.40. The Bertz CT molecular complexity index is 700. The SMILES string of the molecule is O=c1c2cccnc2ccc2[nH]ccc12. The first-order valence-corrected chi connectivity index (χ1v) is 4.71. The number of hydrogen-bond acceptors (Lipinski definition) is 2. The molecule has 3 heteroatoms. The van der Waals surface area contributed by atoms with E-state index < -0.39 is 0 Å². The van der Waals surface area contributed by atoms with E-state index in [4.69, 9.17) is 0 Å². The third kappa shape index (κ3) is 1.13. The van der Waals surface area contributed by atoms with Crippen LogP contribution in [0.25, 0.3) is 21.8 Å². The number of fused-ring (bicyclic) bond motifs is 2. The van der Waals surface area contributed by atoms with Crippen LogP contribution in [0.1, 0.15) is 0 Å². The fraction of sp³-hybridized carbons (Fsp3) is 0. The minimum Gasteiger partial charge on any atom is -0.361 e. The molecule has 0 bridgehead atoms. The molecular weight excluding hydrogens is 188 g/mol. The van der Waals surface area contributed by atoms with Crippen LogP contribution < -0.4 is 5.43 Å². The maximum Gasteiger partial charge on any atom is 0.197 e. The van der Waals surface area contributed by atoms with Crippen LogP contribution in [0.15, 0.2) is 47.5 Å². The summed E-state index contributed by atoms with van der Waals surface area (Å²) in [5.74, 6) is 0. The van der Waals surface area contributed by atoms with Gasteiger partial charge in [0, 0.05) is 28.7 Å². The van der Waals surface area contributed by atoms with E-state index in [1.54, 1.807) is 30.6 Å². The van der Waals surface area contributed by atoms with E-state index in [-0.39, 0.29) is 5.43 Å². The van der Waals surface area contributed by atoms with Crippen LogP contribution in [0.3, 0.4) is 0 Å². The Kier molecular flexibility index (Phi) is 1.59. The smallest absolute Gasteiger partial charge is 0.197 e. The molecule has 0 unspecified atom stereocenters. The monoisotopic (exact) mass is 196 g/mol. The van der Waals surface area contributed by atoms with Crippen molar-refractivity contribution in [2.24, 2.45) is 0 Å². The van der Waals surface area contributed by atoms with E-state index in [1.807, 2.05) is 12.1 Å². The lowest BCUT2D eigenvalue weighted by molar-refractivity contribution is 1.42. The molecule has 0 aliphatic heterocycles. The number of pyridine rings is 1. The van der Waals surface area contributed by atoms with Crippen LogP contribution in [-0.2, 0) is 0 Å². The molecule has 2 heterocycles. The molecule has 15 heavy (non-hydrogen) atoms. The lowest BCUT2D eigenvalue weighted by atomic mass is 10.2. The summed E-state index contributed by atoms with van der Waals surface area (Å²) < 4.78 is 0. The lowest BCUT2D eigenvalue weighted by Gasteiger charge is -1.87. The zero-order chi connectivity index (χ0) is 10.3. The summed E-state index contributed by atoms with van der Waals surface area (Å²) in [6, 6.07) is 9.12. The molecular formula is C12H8N2O. The molecule has 0 aliphatic rings. The van der Waals surface area contributed by atoms with Gasteiger partial charge >= 0.3 is 0 Å². The van der Waals surface area contributed by atoms with Gasteiger partial charge in [-0.3, -0.25) is 9.78 Å². The first kappa shape index (κ1) is 8.17. The molecule has 1 N–H and O–H groups in total. The van der Waals surface area contributed by atoms with Crippen LogP contribution in [0, 0.1) is 0 Å². The second-order valence-corrected chi connectivity index (χ2v) is 3.40. The fourth-order valence-electron chi connectivity index (χ4n) is 1.77. The van der Waals surface area contributed by atoms with Gasteiger partial charge in [-0.15, -0.1) is 0 Å². The molecule has 3 rings (SSSR count). The van der Waals surface area contributed by atoms with Gasteiger partial charge in [0.2, 0.25) is 0 Å². The van der Waals surface area contributed by atoms with E-state index in [0.29, 0.717) is 10.8 Å². The first-order chi connectivity index (χ1) is 7.36. The Labute approximate surface area is 85.4 Å². The Balaban J connectivity index is 2.71. The van der Waals surface area contributed by atoms with Crippen molar-refractivity contribution < 1.29 is 0 Å². The van der Waals surface area contributed by atoms with Gasteiger partial charge in [0.1, 0.15) is 0 Å². The highest BCUT2D eigenvalue weighted by molar-refractivity contribution is 5.89. The van der Waals surface area contributed by atoms with E-state index >= 15 is 0 Å². The van der Waals surface area contributed by atoms with Crippen molar-refractivity contribution in [3.63, 3.8) is 0 Å². The molecule has 0 radical (unpaired) electrons. The molecule has 1 aromatic carbocycles. The predicted octanol–water partition coefficient (Wildman–Crippen LogP) is 2.08. The second kappa shape index (κ2) is 2.92. The van der Waals surface area contributed by atoms with Gasteiger partial charge in [0.15, 0.2) is 5.43 Å². The molecule has 0 saturated carbocycles. The summed E-state index contributed by atoms with van der Waals surface area (Å²) in [6.45, 7) is 0. The molecule has 72 valence electrons. The summed E-state index contributed by atoms with van der Waals surface area (Å²) in [5.41, 5.74) is 1.60. The summed E-state index contributed by atoms with van der Waals surface area (Å²) in [4.78, 5) is 19.3. The van der Waals surface area contributed by atoms with Gasteiger partial charge in [0.05, 0.1) is 5.52 Å². The molecule has 0 aliphatic carbocycles. The lowest BCUT2D eigenvalue weighted by Crippen LogP contribution is -1.97. The molecule has 0 fully saturated rings. The Hall–Kier alpha value is -2.16. The highest BCUT2D eigenvalue weighted by Gasteiger charge is 2.02. The maximum atomic E-state index is 12.1. The van der Waals surface area contributed by atoms with Crippen molar-refractivity contribution in [3.8, 4) is 0 Å². The van der Waals surface area contributed by atoms with Crippen molar-refractivity contribution in [3.05, 3.63) is 52.9 Å². The third-order valence-electron chi connectivity index (χ3n) is 2.51. The third-order valence-corrected chi connectivity index (χ3v) is 2.51. The van der Waals surface area contributed by atoms with E-state index in [9.17, 15) is 4.79 Å². The molecule has 3 nitrogen and oxygen atoms in total. The molecule has 0 amide bonds. The van der Waals surface area contributed by atoms with E-state index in [0.717, 1.165) is 11.0 Å². The fourth-order valence-corrected chi connectivity index (χ4v) is 1.77. The minimum absolute atomic E-state index is 0.0272. The van der Waals surface area contributed by atoms with Crippen molar-refractivity contribution in [1.82, 2.24) is 9.97 Å². The zero-order valence-corrected chi connectivity index (χ0v) is 7.90. The van der Waals surface area contributed by atoms with Gasteiger partial charge in [-0.25, -0.2) is 0 Å². The molecule has 2 aromatic heterocycles. The number of aromatic amines is 1. The van der Waals surface area contributed by atoms with Gasteiger partial charge in [-0.2, -0.15) is 0 Å². The summed E-state index contributed by atoms with van der Waals surface area (Å²) >= 11 is 0. The number of nitrogens with one attached hydrogen (secondary N) is 1. The van der Waals surface area contributed by atoms with Gasteiger partial charge in [-0.1, -0.05) is 0 Å². The molecule has 3 aromatic rings. The van der Waals surface area contributed by atoms with Crippen LogP contribution in [0.4, 0.5) is 0 Å². The normalized spacial score (nSPS) is 10.9. The number of aromatic nitrogens is 2. The average Bonchev–Trinajstić information content (AvgIpc) is 2.69. The molecule has 0 saturated heterocycles. The highest BCUT2D eigenvalue weighted by Crippen LogP contribution is 2.11. The van der Waals surface area contributed by atoms with E-state index in [2.05, 4.69) is 9.97 Å². The van der Waals surface area contributed by atoms with Crippen molar-refractivity contribution >= 4 is 21.8 Å². The van der Waals surface area contributed by atoms with Crippen molar-refractivity contribution in [2.75, 3.05) is 0 Å². The van der Waals surface area contributed by atoms with Crippen LogP contribution in [0.5, 0.6) is 0 Å². The predicted molar refractivity (Wildman–Crippen MR) is 59.9 cm³/mol. The number of hydrogen-bond donors (Lipinski definition) is 1. The number of H-pyrrole nitrogens is 1. The minimum atomic E-state index is 0.0272. The summed E-state index contributed by atoms with van der Waals surface area (Å²) in [5, 5.41) is 1.37. The van der Waals surface area contributed by atoms with Gasteiger partial charge in [0.25, 0.3) is 0 Å². The Morgan fingerprint density at radius 1 is 1.07 bits per heavy atom. The average molecular weight is 196 g/mol. The van der Waals surface area contributed by atoms with Crippen LogP contribution >= 0.6 is 0 Å². The standard InChI is InChI=1S/C12H8N2O/c15-12-8-2-1-6-13-10(8)3-4-11-9(12)5-7-14-11/h1-7,14H. The number of nitrogens with zero attached hydrogens (tertiary/aromatic N) is 1. The van der Waals surface area contributed by atoms with Gasteiger partial charge in [-0.05, 0) is 30.3 Å². The topological polar surface area (TPSA) is 45.8 Å². The molecule has 0 atom stereocenters. The Morgan fingerprint density at radius 2 is 2.00 bits per heavy atom. The first-order valence-electron chi connectivity index (χ1n) is 4.71. The molecule has 0 spiro atoms. The largest absolute Gasteiger partial charge is 0.361 e. The van der Waals surface area contributed by atoms with Crippen LogP contribution in [-0.4, -0.2) is 9.97 Å².